The van der Waals surface area contributed by atoms with Crippen molar-refractivity contribution in [3.05, 3.63) is 69.8 Å². The highest BCUT2D eigenvalue weighted by molar-refractivity contribution is 8.00. The maximum absolute atomic E-state index is 12.0. The summed E-state index contributed by atoms with van der Waals surface area (Å²) in [5, 5.41) is 14.4. The Labute approximate surface area is 144 Å². The smallest absolute Gasteiger partial charge is 0.272 e. The number of nitrogens with one attached hydrogen (secondary N) is 1. The van der Waals surface area contributed by atoms with Crippen LogP contribution in [-0.4, -0.2) is 22.3 Å². The summed E-state index contributed by atoms with van der Waals surface area (Å²) in [5.41, 5.74) is 3.85. The summed E-state index contributed by atoms with van der Waals surface area (Å²) >= 11 is 1.42. The summed E-state index contributed by atoms with van der Waals surface area (Å²) in [6.07, 6.45) is 1.28. The van der Waals surface area contributed by atoms with Crippen LogP contribution in [0.15, 0.2) is 58.5 Å². The molecule has 1 N–H and O–H groups in total. The van der Waals surface area contributed by atoms with Gasteiger partial charge in [0.05, 0.1) is 22.0 Å². The quantitative estimate of drug-likeness (QED) is 0.376. The molecular formula is C17H17N3O3S. The van der Waals surface area contributed by atoms with Gasteiger partial charge in [0.15, 0.2) is 0 Å². The van der Waals surface area contributed by atoms with E-state index in [-0.39, 0.29) is 16.8 Å². The molecule has 2 rings (SSSR count). The van der Waals surface area contributed by atoms with Gasteiger partial charge in [0, 0.05) is 11.0 Å². The van der Waals surface area contributed by atoms with Gasteiger partial charge in [-0.25, -0.2) is 5.43 Å². The Morgan fingerprint density at radius 3 is 2.58 bits per heavy atom. The predicted molar refractivity (Wildman–Crippen MR) is 95.3 cm³/mol. The van der Waals surface area contributed by atoms with Crippen LogP contribution in [0.3, 0.4) is 0 Å². The van der Waals surface area contributed by atoms with E-state index in [2.05, 4.69) is 10.5 Å². The number of benzene rings is 2. The van der Waals surface area contributed by atoms with E-state index in [0.29, 0.717) is 5.56 Å². The summed E-state index contributed by atoms with van der Waals surface area (Å²) in [6, 6.07) is 14.1. The van der Waals surface area contributed by atoms with Crippen molar-refractivity contribution in [3.63, 3.8) is 0 Å². The van der Waals surface area contributed by atoms with Crippen molar-refractivity contribution < 1.29 is 9.72 Å². The van der Waals surface area contributed by atoms with Crippen LogP contribution in [0.1, 0.15) is 18.1 Å². The fourth-order valence-electron chi connectivity index (χ4n) is 1.89. The molecule has 0 unspecified atom stereocenters. The third kappa shape index (κ3) is 4.92. The van der Waals surface area contributed by atoms with E-state index >= 15 is 0 Å². The topological polar surface area (TPSA) is 84.6 Å². The van der Waals surface area contributed by atoms with Gasteiger partial charge >= 0.3 is 0 Å². The molecule has 2 aromatic rings. The third-order valence-corrected chi connectivity index (χ3v) is 4.33. The number of rotatable bonds is 6. The van der Waals surface area contributed by atoms with Crippen LogP contribution in [0.25, 0.3) is 0 Å². The van der Waals surface area contributed by atoms with Gasteiger partial charge in [-0.15, -0.1) is 11.8 Å². The SMILES string of the molecule is Cc1ccc(S[C@@H](C)C(=O)N/N=C\c2ccccc2[N+](=O)[O-])cc1. The fraction of sp³-hybridized carbons (Fsp3) is 0.176. The molecule has 0 bridgehead atoms. The molecule has 0 aliphatic carbocycles. The normalized spacial score (nSPS) is 12.1. The Morgan fingerprint density at radius 1 is 1.25 bits per heavy atom. The van der Waals surface area contributed by atoms with Gasteiger partial charge in [0.25, 0.3) is 11.6 Å². The lowest BCUT2D eigenvalue weighted by molar-refractivity contribution is -0.385. The molecule has 6 nitrogen and oxygen atoms in total. The summed E-state index contributed by atoms with van der Waals surface area (Å²) in [4.78, 5) is 23.5. The van der Waals surface area contributed by atoms with Crippen LogP contribution in [0.5, 0.6) is 0 Å². The summed E-state index contributed by atoms with van der Waals surface area (Å²) in [7, 11) is 0. The van der Waals surface area contributed by atoms with Gasteiger partial charge in [0.1, 0.15) is 0 Å². The second-order valence-electron chi connectivity index (χ2n) is 5.12. The van der Waals surface area contributed by atoms with Crippen molar-refractivity contribution in [1.82, 2.24) is 5.43 Å². The van der Waals surface area contributed by atoms with Gasteiger partial charge in [-0.2, -0.15) is 5.10 Å². The van der Waals surface area contributed by atoms with E-state index < -0.39 is 4.92 Å². The molecule has 1 amide bonds. The molecule has 24 heavy (non-hydrogen) atoms. The first kappa shape index (κ1) is 17.7. The number of nitro groups is 1. The minimum Gasteiger partial charge on any atom is -0.272 e. The molecule has 7 heteroatoms. The first-order chi connectivity index (χ1) is 11.5. The van der Waals surface area contributed by atoms with E-state index in [0.717, 1.165) is 10.5 Å². The monoisotopic (exact) mass is 343 g/mol. The molecule has 0 saturated carbocycles. The van der Waals surface area contributed by atoms with Gasteiger partial charge in [-0.05, 0) is 32.0 Å². The average Bonchev–Trinajstić information content (AvgIpc) is 2.57. The lowest BCUT2D eigenvalue weighted by Gasteiger charge is -2.09. The summed E-state index contributed by atoms with van der Waals surface area (Å²) in [6.45, 7) is 3.78. The zero-order valence-corrected chi connectivity index (χ0v) is 14.1. The standard InChI is InChI=1S/C17H17N3O3S/c1-12-7-9-15(10-8-12)24-13(2)17(21)19-18-11-14-5-3-4-6-16(14)20(22)23/h3-11,13H,1-2H3,(H,19,21)/b18-11-/t13-/m0/s1. The van der Waals surface area contributed by atoms with Crippen molar-refractivity contribution in [2.24, 2.45) is 5.10 Å². The molecule has 1 atom stereocenters. The number of amides is 1. The Balaban J connectivity index is 1.95. The van der Waals surface area contributed by atoms with E-state index in [9.17, 15) is 14.9 Å². The van der Waals surface area contributed by atoms with Crippen LogP contribution in [-0.2, 0) is 4.79 Å². The van der Waals surface area contributed by atoms with Crippen LogP contribution in [0.4, 0.5) is 5.69 Å². The van der Waals surface area contributed by atoms with Crippen LogP contribution < -0.4 is 5.43 Å². The highest BCUT2D eigenvalue weighted by atomic mass is 32.2. The van der Waals surface area contributed by atoms with E-state index in [1.54, 1.807) is 25.1 Å². The number of carbonyl (C=O) groups is 1. The Bertz CT molecular complexity index is 760. The van der Waals surface area contributed by atoms with E-state index in [4.69, 9.17) is 0 Å². The molecule has 0 aliphatic rings. The number of para-hydroxylation sites is 1. The van der Waals surface area contributed by atoms with Gasteiger partial charge in [-0.1, -0.05) is 29.8 Å². The second kappa shape index (κ2) is 8.26. The fourth-order valence-corrected chi connectivity index (χ4v) is 2.75. The zero-order valence-electron chi connectivity index (χ0n) is 13.3. The van der Waals surface area contributed by atoms with Crippen LogP contribution in [0.2, 0.25) is 0 Å². The number of hydrazone groups is 1. The zero-order chi connectivity index (χ0) is 17.5. The lowest BCUT2D eigenvalue weighted by Crippen LogP contribution is -2.26. The molecule has 124 valence electrons. The minimum absolute atomic E-state index is 0.0578. The Hall–Kier alpha value is -2.67. The minimum atomic E-state index is -0.487. The average molecular weight is 343 g/mol. The molecule has 0 saturated heterocycles. The van der Waals surface area contributed by atoms with Crippen molar-refractivity contribution in [2.45, 2.75) is 24.0 Å². The molecular weight excluding hydrogens is 326 g/mol. The number of aryl methyl sites for hydroxylation is 1. The van der Waals surface area contributed by atoms with Crippen LogP contribution >= 0.6 is 11.8 Å². The number of hydrogen-bond donors (Lipinski definition) is 1. The number of nitro benzene ring substituents is 1. The maximum Gasteiger partial charge on any atom is 0.278 e. The number of thioether (sulfide) groups is 1. The largest absolute Gasteiger partial charge is 0.278 e. The first-order valence-electron chi connectivity index (χ1n) is 7.27. The Kier molecular flexibility index (Phi) is 6.08. The second-order valence-corrected chi connectivity index (χ2v) is 6.54. The molecule has 2 aromatic carbocycles. The summed E-state index contributed by atoms with van der Waals surface area (Å²) < 4.78 is 0. The highest BCUT2D eigenvalue weighted by Crippen LogP contribution is 2.23. The van der Waals surface area contributed by atoms with Crippen molar-refractivity contribution >= 4 is 29.6 Å². The van der Waals surface area contributed by atoms with E-state index in [1.165, 1.54) is 24.0 Å². The van der Waals surface area contributed by atoms with Crippen molar-refractivity contribution in [1.29, 1.82) is 0 Å². The molecule has 0 aliphatic heterocycles. The molecule has 0 heterocycles. The summed E-state index contributed by atoms with van der Waals surface area (Å²) in [5.74, 6) is -0.268. The van der Waals surface area contributed by atoms with Crippen LogP contribution in [0, 0.1) is 17.0 Å². The highest BCUT2D eigenvalue weighted by Gasteiger charge is 2.14. The van der Waals surface area contributed by atoms with E-state index in [1.807, 2.05) is 31.2 Å². The molecule has 0 spiro atoms. The number of carbonyl (C=O) groups excluding carboxylic acids is 1. The van der Waals surface area contributed by atoms with Gasteiger partial charge in [-0.3, -0.25) is 14.9 Å². The molecule has 0 fully saturated rings. The molecule has 0 aromatic heterocycles. The van der Waals surface area contributed by atoms with Gasteiger partial charge < -0.3 is 0 Å². The maximum atomic E-state index is 12.0. The number of nitrogens with zero attached hydrogens (tertiary/aromatic N) is 2. The van der Waals surface area contributed by atoms with Crippen molar-refractivity contribution in [3.8, 4) is 0 Å². The molecule has 0 radical (unpaired) electrons. The number of hydrogen-bond acceptors (Lipinski definition) is 5. The third-order valence-electron chi connectivity index (χ3n) is 3.21. The first-order valence-corrected chi connectivity index (χ1v) is 8.15. The lowest BCUT2D eigenvalue weighted by atomic mass is 10.2. The predicted octanol–water partition coefficient (Wildman–Crippen LogP) is 3.53. The Morgan fingerprint density at radius 2 is 1.92 bits per heavy atom. The van der Waals surface area contributed by atoms with Crippen molar-refractivity contribution in [2.75, 3.05) is 0 Å². The van der Waals surface area contributed by atoms with Gasteiger partial charge in [0.2, 0.25) is 0 Å².